The average molecular weight is 288 g/mol. The molecule has 0 bridgehead atoms. The highest BCUT2D eigenvalue weighted by atomic mass is 16.3. The fraction of sp³-hybridized carbons (Fsp3) is 0.105. The van der Waals surface area contributed by atoms with Gasteiger partial charge in [-0.2, -0.15) is 0 Å². The van der Waals surface area contributed by atoms with Gasteiger partial charge in [-0.05, 0) is 41.5 Å². The number of aliphatic hydroxyl groups is 1. The van der Waals surface area contributed by atoms with E-state index in [9.17, 15) is 5.11 Å². The molecule has 0 saturated carbocycles. The highest BCUT2D eigenvalue weighted by Gasteiger charge is 2.11. The van der Waals surface area contributed by atoms with Crippen molar-refractivity contribution in [2.24, 2.45) is 0 Å². The maximum absolute atomic E-state index is 9.40. The van der Waals surface area contributed by atoms with Gasteiger partial charge >= 0.3 is 0 Å². The van der Waals surface area contributed by atoms with Crippen LogP contribution in [0, 0.1) is 0 Å². The molecule has 2 aromatic heterocycles. The van der Waals surface area contributed by atoms with Crippen LogP contribution in [0.2, 0.25) is 0 Å². The zero-order valence-electron chi connectivity index (χ0n) is 12.1. The molecular formula is C19H16N2O. The van der Waals surface area contributed by atoms with Crippen molar-refractivity contribution in [2.45, 2.75) is 13.2 Å². The Morgan fingerprint density at radius 1 is 0.818 bits per heavy atom. The topological polar surface area (TPSA) is 38.0 Å². The van der Waals surface area contributed by atoms with Crippen LogP contribution in [0.1, 0.15) is 11.1 Å². The van der Waals surface area contributed by atoms with Gasteiger partial charge in [0, 0.05) is 40.7 Å². The normalized spacial score (nSPS) is 11.3. The smallest absolute Gasteiger partial charge is 0.0682 e. The number of nitrogens with zero attached hydrogens (tertiary/aromatic N) is 2. The predicted molar refractivity (Wildman–Crippen MR) is 88.7 cm³/mol. The molecule has 3 nitrogen and oxygen atoms in total. The number of hydrogen-bond acceptors (Lipinski definition) is 2. The molecule has 0 aliphatic heterocycles. The van der Waals surface area contributed by atoms with E-state index in [2.05, 4.69) is 45.9 Å². The molecule has 4 aromatic rings. The summed E-state index contributed by atoms with van der Waals surface area (Å²) < 4.78 is 2.32. The van der Waals surface area contributed by atoms with Gasteiger partial charge in [0.15, 0.2) is 0 Å². The Morgan fingerprint density at radius 3 is 2.41 bits per heavy atom. The maximum atomic E-state index is 9.40. The third-order valence-electron chi connectivity index (χ3n) is 4.11. The lowest BCUT2D eigenvalue weighted by Gasteiger charge is -2.07. The van der Waals surface area contributed by atoms with Crippen molar-refractivity contribution >= 4 is 21.8 Å². The molecule has 0 aliphatic carbocycles. The lowest BCUT2D eigenvalue weighted by molar-refractivity contribution is 0.282. The summed E-state index contributed by atoms with van der Waals surface area (Å²) in [6.07, 6.45) is 3.65. The van der Waals surface area contributed by atoms with E-state index >= 15 is 0 Å². The minimum Gasteiger partial charge on any atom is -0.392 e. The van der Waals surface area contributed by atoms with Gasteiger partial charge in [-0.3, -0.25) is 4.98 Å². The first-order valence-electron chi connectivity index (χ1n) is 7.36. The first-order chi connectivity index (χ1) is 10.9. The van der Waals surface area contributed by atoms with Crippen LogP contribution in [0.4, 0.5) is 0 Å². The van der Waals surface area contributed by atoms with Gasteiger partial charge < -0.3 is 9.67 Å². The summed E-state index contributed by atoms with van der Waals surface area (Å²) in [7, 11) is 0. The molecule has 4 rings (SSSR count). The monoisotopic (exact) mass is 288 g/mol. The summed E-state index contributed by atoms with van der Waals surface area (Å²) in [5.74, 6) is 0. The van der Waals surface area contributed by atoms with Crippen LogP contribution in [-0.4, -0.2) is 14.7 Å². The number of para-hydroxylation sites is 1. The van der Waals surface area contributed by atoms with Crippen LogP contribution < -0.4 is 0 Å². The lowest BCUT2D eigenvalue weighted by atomic mass is 10.1. The van der Waals surface area contributed by atoms with Crippen molar-refractivity contribution in [3.8, 4) is 0 Å². The Bertz CT molecular complexity index is 942. The quantitative estimate of drug-likeness (QED) is 0.624. The van der Waals surface area contributed by atoms with Crippen molar-refractivity contribution in [1.29, 1.82) is 0 Å². The lowest BCUT2D eigenvalue weighted by Crippen LogP contribution is -1.99. The van der Waals surface area contributed by atoms with E-state index in [-0.39, 0.29) is 6.61 Å². The molecule has 0 aliphatic rings. The Kier molecular flexibility index (Phi) is 3.13. The second-order valence-corrected chi connectivity index (χ2v) is 5.47. The molecule has 0 spiro atoms. The number of pyridine rings is 1. The molecule has 108 valence electrons. The summed E-state index contributed by atoms with van der Waals surface area (Å²) in [4.78, 5) is 4.08. The van der Waals surface area contributed by atoms with Crippen molar-refractivity contribution in [1.82, 2.24) is 9.55 Å². The standard InChI is InChI=1S/C19H16N2O/c22-13-15-5-6-19-17(11-15)16-3-1-2-4-18(16)21(19)12-14-7-9-20-10-8-14/h1-11,22H,12-13H2. The van der Waals surface area contributed by atoms with E-state index in [1.807, 2.05) is 30.6 Å². The van der Waals surface area contributed by atoms with E-state index in [1.165, 1.54) is 27.4 Å². The second kappa shape index (κ2) is 5.28. The van der Waals surface area contributed by atoms with Crippen LogP contribution in [0.3, 0.4) is 0 Å². The fourth-order valence-corrected chi connectivity index (χ4v) is 3.04. The average Bonchev–Trinajstić information content (AvgIpc) is 2.89. The third kappa shape index (κ3) is 2.07. The summed E-state index contributed by atoms with van der Waals surface area (Å²) in [6.45, 7) is 0.880. The van der Waals surface area contributed by atoms with Crippen LogP contribution in [0.25, 0.3) is 21.8 Å². The number of aromatic nitrogens is 2. The highest BCUT2D eigenvalue weighted by molar-refractivity contribution is 6.08. The van der Waals surface area contributed by atoms with Gasteiger partial charge in [-0.1, -0.05) is 24.3 Å². The molecule has 22 heavy (non-hydrogen) atoms. The molecule has 0 amide bonds. The van der Waals surface area contributed by atoms with Gasteiger partial charge in [-0.15, -0.1) is 0 Å². The van der Waals surface area contributed by atoms with Gasteiger partial charge in [0.25, 0.3) is 0 Å². The molecule has 0 radical (unpaired) electrons. The number of benzene rings is 2. The molecule has 2 heterocycles. The molecule has 1 N–H and O–H groups in total. The third-order valence-corrected chi connectivity index (χ3v) is 4.11. The number of hydrogen-bond donors (Lipinski definition) is 1. The van der Waals surface area contributed by atoms with Crippen molar-refractivity contribution in [3.05, 3.63) is 78.1 Å². The van der Waals surface area contributed by atoms with Crippen molar-refractivity contribution < 1.29 is 5.11 Å². The molecule has 3 heteroatoms. The molecule has 0 saturated heterocycles. The molecular weight excluding hydrogens is 272 g/mol. The largest absolute Gasteiger partial charge is 0.392 e. The van der Waals surface area contributed by atoms with Gasteiger partial charge in [0.2, 0.25) is 0 Å². The minimum absolute atomic E-state index is 0.0692. The van der Waals surface area contributed by atoms with Crippen LogP contribution in [0.15, 0.2) is 67.0 Å². The number of aliphatic hydroxyl groups excluding tert-OH is 1. The number of fused-ring (bicyclic) bond motifs is 3. The van der Waals surface area contributed by atoms with E-state index in [0.29, 0.717) is 0 Å². The first kappa shape index (κ1) is 13.0. The predicted octanol–water partition coefficient (Wildman–Crippen LogP) is 3.73. The van der Waals surface area contributed by atoms with Crippen molar-refractivity contribution in [3.63, 3.8) is 0 Å². The van der Waals surface area contributed by atoms with Crippen LogP contribution >= 0.6 is 0 Å². The summed E-state index contributed by atoms with van der Waals surface area (Å²) in [5, 5.41) is 11.8. The second-order valence-electron chi connectivity index (χ2n) is 5.47. The molecule has 0 atom stereocenters. The Labute approximate surface area is 128 Å². The van der Waals surface area contributed by atoms with Gasteiger partial charge in [0.05, 0.1) is 6.61 Å². The maximum Gasteiger partial charge on any atom is 0.0682 e. The van der Waals surface area contributed by atoms with E-state index in [0.717, 1.165) is 12.1 Å². The SMILES string of the molecule is OCc1ccc2c(c1)c1ccccc1n2Cc1ccncc1. The summed E-state index contributed by atoms with van der Waals surface area (Å²) >= 11 is 0. The molecule has 0 unspecified atom stereocenters. The first-order valence-corrected chi connectivity index (χ1v) is 7.36. The zero-order chi connectivity index (χ0) is 14.9. The Morgan fingerprint density at radius 2 is 1.59 bits per heavy atom. The minimum atomic E-state index is 0.0692. The summed E-state index contributed by atoms with van der Waals surface area (Å²) in [5.41, 5.74) is 4.57. The summed E-state index contributed by atoms with van der Waals surface area (Å²) in [6, 6.07) is 18.7. The van der Waals surface area contributed by atoms with Crippen LogP contribution in [-0.2, 0) is 13.2 Å². The molecule has 2 aromatic carbocycles. The Hall–Kier alpha value is -2.65. The highest BCUT2D eigenvalue weighted by Crippen LogP contribution is 2.30. The Balaban J connectivity index is 1.99. The van der Waals surface area contributed by atoms with Gasteiger partial charge in [-0.25, -0.2) is 0 Å². The van der Waals surface area contributed by atoms with Crippen LogP contribution in [0.5, 0.6) is 0 Å². The fourth-order valence-electron chi connectivity index (χ4n) is 3.04. The van der Waals surface area contributed by atoms with E-state index in [4.69, 9.17) is 0 Å². The number of rotatable bonds is 3. The molecule has 0 fully saturated rings. The van der Waals surface area contributed by atoms with E-state index in [1.54, 1.807) is 0 Å². The van der Waals surface area contributed by atoms with E-state index < -0.39 is 0 Å². The van der Waals surface area contributed by atoms with Crippen molar-refractivity contribution in [2.75, 3.05) is 0 Å². The zero-order valence-corrected chi connectivity index (χ0v) is 12.1. The van der Waals surface area contributed by atoms with Gasteiger partial charge in [0.1, 0.15) is 0 Å².